The molecule has 0 amide bonds. The predicted octanol–water partition coefficient (Wildman–Crippen LogP) is 0.908. The molecule has 0 aliphatic heterocycles. The molecule has 0 saturated heterocycles. The van der Waals surface area contributed by atoms with Crippen molar-refractivity contribution >= 4 is 0 Å². The van der Waals surface area contributed by atoms with Crippen LogP contribution in [0.2, 0.25) is 0 Å². The maximum Gasteiger partial charge on any atom is 0.189 e. The van der Waals surface area contributed by atoms with Gasteiger partial charge in [-0.15, -0.1) is 0 Å². The normalized spacial score (nSPS) is 23.0. The lowest BCUT2D eigenvalue weighted by atomic mass is 10.0. The second-order valence-corrected chi connectivity index (χ2v) is 4.58. The van der Waals surface area contributed by atoms with Gasteiger partial charge < -0.3 is 10.2 Å². The topological polar surface area (TPSA) is 40.5 Å². The fourth-order valence-electron chi connectivity index (χ4n) is 1.43. The summed E-state index contributed by atoms with van der Waals surface area (Å²) in [6.45, 7) is 9.43. The van der Waals surface area contributed by atoms with Crippen LogP contribution in [-0.2, 0) is 0 Å². The molecule has 2 atom stereocenters. The van der Waals surface area contributed by atoms with E-state index in [1.807, 2.05) is 27.8 Å². The van der Waals surface area contributed by atoms with Crippen molar-refractivity contribution in [3.8, 4) is 0 Å². The molecule has 3 nitrogen and oxygen atoms in total. The van der Waals surface area contributed by atoms with Crippen molar-refractivity contribution < 1.29 is 14.7 Å². The first kappa shape index (κ1) is 11.9. The summed E-state index contributed by atoms with van der Waals surface area (Å²) < 4.78 is 0.243. The van der Waals surface area contributed by atoms with Crippen molar-refractivity contribution in [3.05, 3.63) is 0 Å². The molecule has 0 heterocycles. The van der Waals surface area contributed by atoms with E-state index in [0.29, 0.717) is 0 Å². The summed E-state index contributed by atoms with van der Waals surface area (Å²) in [5.74, 6) is 0. The van der Waals surface area contributed by atoms with Crippen molar-refractivity contribution in [2.45, 2.75) is 52.6 Å². The quantitative estimate of drug-likeness (QED) is 0.485. The van der Waals surface area contributed by atoms with E-state index in [-0.39, 0.29) is 10.0 Å². The molecule has 0 aromatic rings. The van der Waals surface area contributed by atoms with Crippen molar-refractivity contribution in [1.29, 1.82) is 0 Å². The molecule has 0 aliphatic rings. The third-order valence-corrected chi connectivity index (χ3v) is 3.00. The molecule has 0 fully saturated rings. The number of quaternary nitrogens is 1. The van der Waals surface area contributed by atoms with E-state index in [0.717, 1.165) is 0 Å². The van der Waals surface area contributed by atoms with Crippen LogP contribution in [-0.4, -0.2) is 39.7 Å². The summed E-state index contributed by atoms with van der Waals surface area (Å²) >= 11 is 0. The zero-order chi connectivity index (χ0) is 10.2. The highest BCUT2D eigenvalue weighted by atomic mass is 16.3. The number of aliphatic hydroxyl groups excluding tert-OH is 2. The van der Waals surface area contributed by atoms with E-state index in [4.69, 9.17) is 0 Å². The highest BCUT2D eigenvalue weighted by molar-refractivity contribution is 4.63. The van der Waals surface area contributed by atoms with Crippen molar-refractivity contribution in [3.63, 3.8) is 0 Å². The molecule has 0 aliphatic carbocycles. The van der Waals surface area contributed by atoms with Gasteiger partial charge in [0, 0.05) is 13.8 Å². The summed E-state index contributed by atoms with van der Waals surface area (Å²) in [5.41, 5.74) is -0.164. The maximum atomic E-state index is 9.59. The van der Waals surface area contributed by atoms with E-state index in [1.165, 1.54) is 0 Å². The first-order valence-corrected chi connectivity index (χ1v) is 4.36. The predicted molar refractivity (Wildman–Crippen MR) is 49.3 cm³/mol. The SMILES string of the molecule is CC(O)[N+](C)(C(C)O)C(C)(C)C. The molecule has 0 aromatic carbocycles. The van der Waals surface area contributed by atoms with Crippen LogP contribution in [0.15, 0.2) is 0 Å². The molecule has 12 heavy (non-hydrogen) atoms. The number of rotatable bonds is 2. The minimum absolute atomic E-state index is 0.164. The Balaban J connectivity index is 4.89. The average molecular weight is 176 g/mol. The lowest BCUT2D eigenvalue weighted by Gasteiger charge is -2.49. The zero-order valence-electron chi connectivity index (χ0n) is 9.00. The van der Waals surface area contributed by atoms with E-state index >= 15 is 0 Å². The molecule has 0 spiro atoms. The van der Waals surface area contributed by atoms with Gasteiger partial charge in [0.25, 0.3) is 0 Å². The molecule has 0 bridgehead atoms. The van der Waals surface area contributed by atoms with Crippen LogP contribution < -0.4 is 0 Å². The van der Waals surface area contributed by atoms with Gasteiger partial charge in [-0.25, -0.2) is 0 Å². The van der Waals surface area contributed by atoms with Crippen molar-refractivity contribution in [2.75, 3.05) is 7.05 Å². The molecule has 0 saturated carbocycles. The van der Waals surface area contributed by atoms with E-state index in [9.17, 15) is 10.2 Å². The summed E-state index contributed by atoms with van der Waals surface area (Å²) in [6, 6.07) is 0. The van der Waals surface area contributed by atoms with Gasteiger partial charge in [0.05, 0.1) is 12.6 Å². The summed E-state index contributed by atoms with van der Waals surface area (Å²) in [6.07, 6.45) is -1.13. The molecular weight excluding hydrogens is 154 g/mol. The lowest BCUT2D eigenvalue weighted by Crippen LogP contribution is -2.66. The summed E-state index contributed by atoms with van der Waals surface area (Å²) in [7, 11) is 1.86. The number of hydrogen-bond donors (Lipinski definition) is 2. The Kier molecular flexibility index (Phi) is 3.29. The standard InChI is InChI=1S/C9H22NO2/c1-7(11)10(6,8(2)12)9(3,4)5/h7-8,11-12H,1-6H3/q+1. The fraction of sp³-hybridized carbons (Fsp3) is 1.00. The Morgan fingerprint density at radius 2 is 1.25 bits per heavy atom. The second kappa shape index (κ2) is 3.32. The van der Waals surface area contributed by atoms with Crippen molar-refractivity contribution in [1.82, 2.24) is 0 Å². The maximum absolute atomic E-state index is 9.59. The number of hydrogen-bond acceptors (Lipinski definition) is 2. The minimum Gasteiger partial charge on any atom is -0.345 e. The molecule has 0 radical (unpaired) electrons. The van der Waals surface area contributed by atoms with Gasteiger partial charge in [0.1, 0.15) is 0 Å². The smallest absolute Gasteiger partial charge is 0.189 e. The molecule has 2 unspecified atom stereocenters. The first-order chi connectivity index (χ1) is 5.14. The largest absolute Gasteiger partial charge is 0.345 e. The van der Waals surface area contributed by atoms with Crippen LogP contribution in [0.3, 0.4) is 0 Å². The van der Waals surface area contributed by atoms with Gasteiger partial charge in [0.15, 0.2) is 12.5 Å². The Labute approximate surface area is 75.2 Å². The van der Waals surface area contributed by atoms with Gasteiger partial charge in [-0.1, -0.05) is 0 Å². The highest BCUT2D eigenvalue weighted by Crippen LogP contribution is 2.27. The summed E-state index contributed by atoms with van der Waals surface area (Å²) in [4.78, 5) is 0. The third kappa shape index (κ3) is 1.79. The number of aliphatic hydroxyl groups is 2. The molecule has 0 aromatic heterocycles. The minimum atomic E-state index is -0.565. The number of nitrogens with zero attached hydrogens (tertiary/aromatic N) is 1. The monoisotopic (exact) mass is 176 g/mol. The van der Waals surface area contributed by atoms with Gasteiger partial charge in [-0.05, 0) is 20.8 Å². The highest BCUT2D eigenvalue weighted by Gasteiger charge is 2.43. The Bertz CT molecular complexity index is 139. The lowest BCUT2D eigenvalue weighted by molar-refractivity contribution is -1.03. The Morgan fingerprint density at radius 1 is 1.00 bits per heavy atom. The van der Waals surface area contributed by atoms with Crippen LogP contribution in [0.1, 0.15) is 34.6 Å². The fourth-order valence-corrected chi connectivity index (χ4v) is 1.43. The van der Waals surface area contributed by atoms with Crippen LogP contribution in [0.5, 0.6) is 0 Å². The van der Waals surface area contributed by atoms with Gasteiger partial charge in [-0.3, -0.25) is 4.48 Å². The Hall–Kier alpha value is -0.120. The zero-order valence-corrected chi connectivity index (χ0v) is 9.00. The Morgan fingerprint density at radius 3 is 1.25 bits per heavy atom. The molecular formula is C9H22NO2+. The van der Waals surface area contributed by atoms with Crippen molar-refractivity contribution in [2.24, 2.45) is 0 Å². The molecule has 0 rings (SSSR count). The molecule has 2 N–H and O–H groups in total. The van der Waals surface area contributed by atoms with E-state index in [2.05, 4.69) is 0 Å². The first-order valence-electron chi connectivity index (χ1n) is 4.36. The van der Waals surface area contributed by atoms with E-state index < -0.39 is 12.5 Å². The average Bonchev–Trinajstić information content (AvgIpc) is 1.82. The van der Waals surface area contributed by atoms with Crippen LogP contribution in [0.4, 0.5) is 0 Å². The van der Waals surface area contributed by atoms with Gasteiger partial charge in [-0.2, -0.15) is 0 Å². The van der Waals surface area contributed by atoms with Crippen LogP contribution >= 0.6 is 0 Å². The van der Waals surface area contributed by atoms with Crippen LogP contribution in [0, 0.1) is 0 Å². The van der Waals surface area contributed by atoms with Gasteiger partial charge >= 0.3 is 0 Å². The second-order valence-electron chi connectivity index (χ2n) is 4.58. The van der Waals surface area contributed by atoms with Gasteiger partial charge in [0.2, 0.25) is 0 Å². The third-order valence-electron chi connectivity index (χ3n) is 3.00. The summed E-state index contributed by atoms with van der Waals surface area (Å²) in [5, 5.41) is 19.2. The molecule has 3 heteroatoms. The van der Waals surface area contributed by atoms with E-state index in [1.54, 1.807) is 13.8 Å². The van der Waals surface area contributed by atoms with Crippen LogP contribution in [0.25, 0.3) is 0 Å². The molecule has 74 valence electrons.